The number of benzene rings is 1. The molecule has 3 aliphatic rings. The minimum absolute atomic E-state index is 0.0637. The quantitative estimate of drug-likeness (QED) is 0.437. The molecule has 3 amide bonds. The van der Waals surface area contributed by atoms with Gasteiger partial charge >= 0.3 is 6.18 Å². The van der Waals surface area contributed by atoms with Crippen LogP contribution in [-0.4, -0.2) is 103 Å². The minimum Gasteiger partial charge on any atom is -0.378 e. The van der Waals surface area contributed by atoms with E-state index in [0.29, 0.717) is 63.7 Å². The number of likely N-dealkylation sites (tertiary alicyclic amines) is 1. The molecular formula is C32H40F3N5O5. The summed E-state index contributed by atoms with van der Waals surface area (Å²) in [7, 11) is 0. The summed E-state index contributed by atoms with van der Waals surface area (Å²) >= 11 is 0. The largest absolute Gasteiger partial charge is 0.416 e. The van der Waals surface area contributed by atoms with Crippen LogP contribution in [0.5, 0.6) is 0 Å². The average Bonchev–Trinajstić information content (AvgIpc) is 3.45. The molecule has 0 bridgehead atoms. The van der Waals surface area contributed by atoms with Gasteiger partial charge in [-0.1, -0.05) is 12.1 Å². The van der Waals surface area contributed by atoms with Crippen molar-refractivity contribution >= 4 is 17.7 Å². The fourth-order valence-electron chi connectivity index (χ4n) is 6.46. The molecule has 2 atom stereocenters. The van der Waals surface area contributed by atoms with Gasteiger partial charge in [-0.15, -0.1) is 0 Å². The van der Waals surface area contributed by atoms with Crippen molar-refractivity contribution in [3.05, 3.63) is 65.0 Å². The number of rotatable bonds is 9. The predicted molar refractivity (Wildman–Crippen MR) is 159 cm³/mol. The van der Waals surface area contributed by atoms with Gasteiger partial charge in [-0.3, -0.25) is 24.3 Å². The number of carbonyl (C=O) groups excluding carboxylic acids is 3. The van der Waals surface area contributed by atoms with E-state index in [1.54, 1.807) is 4.90 Å². The fraction of sp³-hybridized carbons (Fsp3) is 0.562. The van der Waals surface area contributed by atoms with E-state index in [1.807, 2.05) is 25.3 Å². The van der Waals surface area contributed by atoms with Gasteiger partial charge in [0.2, 0.25) is 5.91 Å². The number of halogens is 3. The van der Waals surface area contributed by atoms with Gasteiger partial charge in [-0.2, -0.15) is 13.2 Å². The average molecular weight is 632 g/mol. The Balaban J connectivity index is 1.09. The molecule has 1 aromatic carbocycles. The molecule has 2 N–H and O–H groups in total. The van der Waals surface area contributed by atoms with Gasteiger partial charge < -0.3 is 25.0 Å². The number of carbonyl (C=O) groups is 3. The lowest BCUT2D eigenvalue weighted by Gasteiger charge is -2.34. The molecule has 3 heterocycles. The van der Waals surface area contributed by atoms with E-state index in [9.17, 15) is 27.6 Å². The Morgan fingerprint density at radius 1 is 1.04 bits per heavy atom. The first-order valence-electron chi connectivity index (χ1n) is 15.6. The number of nitrogens with zero attached hydrogens (tertiary/aromatic N) is 3. The highest BCUT2D eigenvalue weighted by Gasteiger charge is 2.39. The van der Waals surface area contributed by atoms with Crippen LogP contribution in [0.2, 0.25) is 0 Å². The lowest BCUT2D eigenvalue weighted by Crippen LogP contribution is -2.48. The summed E-state index contributed by atoms with van der Waals surface area (Å²) in [5, 5.41) is 5.37. The normalized spacial score (nSPS) is 24.3. The van der Waals surface area contributed by atoms with Gasteiger partial charge in [0.1, 0.15) is 5.69 Å². The van der Waals surface area contributed by atoms with Gasteiger partial charge in [0.15, 0.2) is 0 Å². The summed E-state index contributed by atoms with van der Waals surface area (Å²) < 4.78 is 50.3. The van der Waals surface area contributed by atoms with Crippen molar-refractivity contribution in [2.45, 2.75) is 62.9 Å². The second-order valence-electron chi connectivity index (χ2n) is 11.8. The molecule has 1 aliphatic carbocycles. The Morgan fingerprint density at radius 2 is 1.80 bits per heavy atom. The number of morpholine rings is 1. The smallest absolute Gasteiger partial charge is 0.378 e. The van der Waals surface area contributed by atoms with Gasteiger partial charge in [0.25, 0.3) is 11.8 Å². The van der Waals surface area contributed by atoms with Crippen LogP contribution in [0.1, 0.15) is 70.5 Å². The van der Waals surface area contributed by atoms with E-state index in [0.717, 1.165) is 49.4 Å². The summed E-state index contributed by atoms with van der Waals surface area (Å²) in [6, 6.07) is 7.99. The number of ether oxygens (including phenoxy) is 2. The Labute approximate surface area is 260 Å². The molecule has 1 aromatic heterocycles. The minimum atomic E-state index is -4.57. The highest BCUT2D eigenvalue weighted by molar-refractivity contribution is 5.96. The van der Waals surface area contributed by atoms with Crippen molar-refractivity contribution in [3.63, 3.8) is 0 Å². The number of alkyl halides is 3. The first kappa shape index (κ1) is 32.8. The van der Waals surface area contributed by atoms with Crippen LogP contribution in [0.4, 0.5) is 13.2 Å². The molecule has 2 aliphatic heterocycles. The van der Waals surface area contributed by atoms with Gasteiger partial charge in [0, 0.05) is 50.6 Å². The van der Waals surface area contributed by atoms with E-state index in [-0.39, 0.29) is 30.2 Å². The fourth-order valence-corrected chi connectivity index (χ4v) is 6.46. The van der Waals surface area contributed by atoms with Crippen molar-refractivity contribution in [2.24, 2.45) is 0 Å². The summed E-state index contributed by atoms with van der Waals surface area (Å²) in [6.07, 6.45) is 0.976. The number of nitrogens with one attached hydrogen (secondary N) is 2. The molecule has 1 saturated carbocycles. The molecule has 2 saturated heterocycles. The molecule has 13 heteroatoms. The van der Waals surface area contributed by atoms with E-state index >= 15 is 0 Å². The van der Waals surface area contributed by atoms with Gasteiger partial charge in [-0.05, 0) is 68.4 Å². The number of hydrogen-bond acceptors (Lipinski definition) is 7. The summed E-state index contributed by atoms with van der Waals surface area (Å²) in [5.41, 5.74) is 0.500. The topological polar surface area (TPSA) is 113 Å². The maximum atomic E-state index is 13.0. The maximum Gasteiger partial charge on any atom is 0.416 e. The van der Waals surface area contributed by atoms with Crippen LogP contribution in [0.25, 0.3) is 0 Å². The standard InChI is InChI=1S/C32H40F3N5O5/c1-2-45-28-20-40(19-27(28)38-29(41)18-37-30(42)22-4-3-5-24(16-22)32(33,34)35)25-9-6-21(7-10-25)23-8-11-26(36-17-23)31(43)39-12-14-44-15-13-39/h3-5,8,11,16-17,21,25,27-28H,2,6-7,9-10,12-15,18-20H2,1H3,(H,37,42)(H,38,41)/t21?,25?,27-,28-/m0/s1. The third-order valence-electron chi connectivity index (χ3n) is 8.87. The van der Waals surface area contributed by atoms with Crippen molar-refractivity contribution in [1.82, 2.24) is 25.4 Å². The van der Waals surface area contributed by atoms with Gasteiger partial charge in [-0.25, -0.2) is 0 Å². The van der Waals surface area contributed by atoms with Crippen molar-refractivity contribution in [3.8, 4) is 0 Å². The number of hydrogen-bond donors (Lipinski definition) is 2. The summed E-state index contributed by atoms with van der Waals surface area (Å²) in [6.45, 7) is 5.56. The molecule has 5 rings (SSSR count). The Morgan fingerprint density at radius 3 is 2.47 bits per heavy atom. The highest BCUT2D eigenvalue weighted by atomic mass is 19.4. The first-order valence-corrected chi connectivity index (χ1v) is 15.6. The van der Waals surface area contributed by atoms with Crippen LogP contribution < -0.4 is 10.6 Å². The lowest BCUT2D eigenvalue weighted by molar-refractivity contribution is -0.137. The molecule has 45 heavy (non-hydrogen) atoms. The van der Waals surface area contributed by atoms with E-state index in [1.165, 1.54) is 6.07 Å². The van der Waals surface area contributed by atoms with E-state index in [4.69, 9.17) is 9.47 Å². The van der Waals surface area contributed by atoms with Crippen molar-refractivity contribution in [1.29, 1.82) is 0 Å². The van der Waals surface area contributed by atoms with Crippen LogP contribution in [0.3, 0.4) is 0 Å². The number of aromatic nitrogens is 1. The Kier molecular flexibility index (Phi) is 10.7. The van der Waals surface area contributed by atoms with Crippen molar-refractivity contribution in [2.75, 3.05) is 52.5 Å². The molecule has 0 radical (unpaired) electrons. The zero-order valence-corrected chi connectivity index (χ0v) is 25.4. The second kappa shape index (κ2) is 14.7. The SMILES string of the molecule is CCO[C@H]1CN(C2CCC(c3ccc(C(=O)N4CCOCC4)nc3)CC2)C[C@@H]1NC(=O)CNC(=O)c1cccc(C(F)(F)F)c1. The molecular weight excluding hydrogens is 591 g/mol. The third-order valence-corrected chi connectivity index (χ3v) is 8.87. The molecule has 0 unspecified atom stereocenters. The Bertz CT molecular complexity index is 1330. The molecule has 10 nitrogen and oxygen atoms in total. The van der Waals surface area contributed by atoms with E-state index < -0.39 is 23.6 Å². The molecule has 3 fully saturated rings. The second-order valence-corrected chi connectivity index (χ2v) is 11.8. The van der Waals surface area contributed by atoms with Crippen LogP contribution in [0, 0.1) is 0 Å². The maximum absolute atomic E-state index is 13.0. The summed E-state index contributed by atoms with van der Waals surface area (Å²) in [5.74, 6) is -0.886. The predicted octanol–water partition coefficient (Wildman–Crippen LogP) is 3.23. The lowest BCUT2D eigenvalue weighted by atomic mass is 9.82. The Hall–Kier alpha value is -3.55. The zero-order valence-electron chi connectivity index (χ0n) is 25.4. The van der Waals surface area contributed by atoms with Crippen LogP contribution >= 0.6 is 0 Å². The first-order chi connectivity index (χ1) is 21.6. The number of amides is 3. The number of pyridine rings is 1. The van der Waals surface area contributed by atoms with Gasteiger partial charge in [0.05, 0.1) is 37.5 Å². The van der Waals surface area contributed by atoms with Crippen molar-refractivity contribution < 1.29 is 37.0 Å². The van der Waals surface area contributed by atoms with E-state index in [2.05, 4.69) is 20.5 Å². The van der Waals surface area contributed by atoms with Crippen LogP contribution in [0.15, 0.2) is 42.6 Å². The molecule has 2 aromatic rings. The third kappa shape index (κ3) is 8.39. The molecule has 244 valence electrons. The zero-order chi connectivity index (χ0) is 32.0. The monoisotopic (exact) mass is 631 g/mol. The highest BCUT2D eigenvalue weighted by Crippen LogP contribution is 2.36. The van der Waals surface area contributed by atoms with Crippen LogP contribution in [-0.2, 0) is 20.4 Å². The molecule has 0 spiro atoms. The summed E-state index contributed by atoms with van der Waals surface area (Å²) in [4.78, 5) is 46.5.